The second kappa shape index (κ2) is 16.6. The summed E-state index contributed by atoms with van der Waals surface area (Å²) in [6.07, 6.45) is 24.5. The number of sulfone groups is 1. The van der Waals surface area contributed by atoms with Crippen LogP contribution in [0.1, 0.15) is 83.1 Å². The smallest absolute Gasteiger partial charge is 0.296 e. The molecule has 0 saturated carbocycles. The molecular weight excluding hydrogens is 402 g/mol. The Hall–Kier alpha value is -2.12. The van der Waals surface area contributed by atoms with Gasteiger partial charge in [-0.1, -0.05) is 86.8 Å². The third-order valence-electron chi connectivity index (χ3n) is 5.20. The minimum absolute atomic E-state index is 0.260. The van der Waals surface area contributed by atoms with Crippen LogP contribution in [0.15, 0.2) is 65.6 Å². The molecular formula is C27H39NO2S. The maximum absolute atomic E-state index is 12.6. The van der Waals surface area contributed by atoms with Crippen LogP contribution in [0.25, 0.3) is 4.85 Å². The van der Waals surface area contributed by atoms with Gasteiger partial charge in [0.2, 0.25) is 0 Å². The van der Waals surface area contributed by atoms with Gasteiger partial charge in [-0.15, -0.1) is 0 Å². The molecule has 0 aromatic heterocycles. The van der Waals surface area contributed by atoms with Gasteiger partial charge < -0.3 is 0 Å². The molecule has 0 saturated heterocycles. The molecule has 0 amide bonds. The topological polar surface area (TPSA) is 38.5 Å². The SMILES string of the molecule is [C-]#[N+]C(CCCCCCCC/C=C\C/C=C\C/C=C\CC)S(=O)(=O)c1ccc(C)cc1. The lowest BCUT2D eigenvalue weighted by molar-refractivity contribution is 0.560. The van der Waals surface area contributed by atoms with Gasteiger partial charge in [-0.25, -0.2) is 15.0 Å². The van der Waals surface area contributed by atoms with E-state index >= 15 is 0 Å². The molecule has 1 atom stereocenters. The molecule has 4 heteroatoms. The molecule has 1 rings (SSSR count). The fourth-order valence-corrected chi connectivity index (χ4v) is 4.73. The van der Waals surface area contributed by atoms with E-state index in [1.807, 2.05) is 6.92 Å². The van der Waals surface area contributed by atoms with Crippen molar-refractivity contribution in [3.63, 3.8) is 0 Å². The number of rotatable bonds is 16. The van der Waals surface area contributed by atoms with Gasteiger partial charge in [0.1, 0.15) is 0 Å². The van der Waals surface area contributed by atoms with Gasteiger partial charge in [-0.3, -0.25) is 4.85 Å². The average Bonchev–Trinajstić information content (AvgIpc) is 2.76. The Morgan fingerprint density at radius 3 is 2.00 bits per heavy atom. The Balaban J connectivity index is 2.12. The molecule has 0 heterocycles. The predicted molar refractivity (Wildman–Crippen MR) is 133 cm³/mol. The summed E-state index contributed by atoms with van der Waals surface area (Å²) in [5, 5.41) is -0.961. The first-order valence-corrected chi connectivity index (χ1v) is 13.2. The van der Waals surface area contributed by atoms with E-state index in [2.05, 4.69) is 48.2 Å². The lowest BCUT2D eigenvalue weighted by atomic mass is 10.1. The summed E-state index contributed by atoms with van der Waals surface area (Å²) in [6.45, 7) is 11.4. The lowest BCUT2D eigenvalue weighted by Crippen LogP contribution is -2.17. The number of allylic oxidation sites excluding steroid dienone is 6. The Bertz CT molecular complexity index is 827. The molecule has 1 aromatic carbocycles. The van der Waals surface area contributed by atoms with Crippen molar-refractivity contribution in [2.24, 2.45) is 0 Å². The fraction of sp³-hybridized carbons (Fsp3) is 0.519. The Morgan fingerprint density at radius 1 is 0.839 bits per heavy atom. The fourth-order valence-electron chi connectivity index (χ4n) is 3.29. The van der Waals surface area contributed by atoms with Crippen molar-refractivity contribution in [2.75, 3.05) is 0 Å². The number of unbranched alkanes of at least 4 members (excludes halogenated alkanes) is 6. The Labute approximate surface area is 190 Å². The molecule has 0 radical (unpaired) electrons. The zero-order valence-corrected chi connectivity index (χ0v) is 20.1. The highest BCUT2D eigenvalue weighted by molar-refractivity contribution is 7.92. The molecule has 0 fully saturated rings. The van der Waals surface area contributed by atoms with Gasteiger partial charge in [-0.05, 0) is 57.6 Å². The van der Waals surface area contributed by atoms with Crippen LogP contribution in [0.2, 0.25) is 0 Å². The van der Waals surface area contributed by atoms with Gasteiger partial charge >= 0.3 is 5.37 Å². The molecule has 0 aliphatic carbocycles. The number of hydrogen-bond acceptors (Lipinski definition) is 2. The van der Waals surface area contributed by atoms with Crippen molar-refractivity contribution < 1.29 is 8.42 Å². The van der Waals surface area contributed by atoms with Crippen molar-refractivity contribution in [1.82, 2.24) is 0 Å². The number of hydrogen-bond donors (Lipinski definition) is 0. The van der Waals surface area contributed by atoms with Gasteiger partial charge in [0.15, 0.2) is 0 Å². The van der Waals surface area contributed by atoms with Crippen LogP contribution in [0.4, 0.5) is 0 Å². The van der Waals surface area contributed by atoms with E-state index in [0.717, 1.165) is 50.5 Å². The molecule has 31 heavy (non-hydrogen) atoms. The maximum Gasteiger partial charge on any atom is 0.325 e. The van der Waals surface area contributed by atoms with E-state index in [1.165, 1.54) is 19.3 Å². The van der Waals surface area contributed by atoms with E-state index < -0.39 is 15.2 Å². The highest BCUT2D eigenvalue weighted by atomic mass is 32.2. The van der Waals surface area contributed by atoms with Gasteiger partial charge in [0.25, 0.3) is 9.84 Å². The second-order valence-corrected chi connectivity index (χ2v) is 10.0. The molecule has 1 unspecified atom stereocenters. The van der Waals surface area contributed by atoms with Crippen molar-refractivity contribution in [3.8, 4) is 0 Å². The first-order chi connectivity index (χ1) is 15.0. The van der Waals surface area contributed by atoms with Gasteiger partial charge in [0.05, 0.1) is 4.90 Å². The third kappa shape index (κ3) is 11.7. The zero-order valence-electron chi connectivity index (χ0n) is 19.3. The maximum atomic E-state index is 12.6. The summed E-state index contributed by atoms with van der Waals surface area (Å²) in [6, 6.07) is 6.79. The first-order valence-electron chi connectivity index (χ1n) is 11.6. The highest BCUT2D eigenvalue weighted by Crippen LogP contribution is 2.22. The third-order valence-corrected chi connectivity index (χ3v) is 7.19. The number of aryl methyl sites for hydroxylation is 1. The van der Waals surface area contributed by atoms with Crippen LogP contribution < -0.4 is 0 Å². The predicted octanol–water partition coefficient (Wildman–Crippen LogP) is 7.99. The van der Waals surface area contributed by atoms with Crippen molar-refractivity contribution >= 4 is 9.84 Å². The first kappa shape index (κ1) is 26.9. The lowest BCUT2D eigenvalue weighted by Gasteiger charge is -2.08. The van der Waals surface area contributed by atoms with Gasteiger partial charge in [-0.2, -0.15) is 0 Å². The Morgan fingerprint density at radius 2 is 1.39 bits per heavy atom. The summed E-state index contributed by atoms with van der Waals surface area (Å²) in [5.74, 6) is 0. The summed E-state index contributed by atoms with van der Waals surface area (Å²) >= 11 is 0. The molecule has 0 aliphatic rings. The molecule has 0 bridgehead atoms. The molecule has 170 valence electrons. The van der Waals surface area contributed by atoms with E-state index in [4.69, 9.17) is 6.57 Å². The van der Waals surface area contributed by atoms with Crippen LogP contribution in [0, 0.1) is 13.5 Å². The summed E-state index contributed by atoms with van der Waals surface area (Å²) in [7, 11) is -3.56. The molecule has 0 aliphatic heterocycles. The monoisotopic (exact) mass is 441 g/mol. The van der Waals surface area contributed by atoms with E-state index in [0.29, 0.717) is 6.42 Å². The standard InChI is InChI=1S/C27H39NO2S/c1-4-5-6-7-8-9-10-11-12-13-14-15-16-17-18-19-20-27(28-3)31(29,30)26-23-21-25(2)22-24-26/h5-6,8-9,11-12,21-24,27H,4,7,10,13-20H2,1-2H3/b6-5-,9-8-,12-11-. The molecule has 3 nitrogen and oxygen atoms in total. The van der Waals surface area contributed by atoms with E-state index in [1.54, 1.807) is 24.3 Å². The van der Waals surface area contributed by atoms with Crippen LogP contribution in [0.3, 0.4) is 0 Å². The molecule has 1 aromatic rings. The van der Waals surface area contributed by atoms with Crippen LogP contribution in [-0.4, -0.2) is 13.8 Å². The van der Waals surface area contributed by atoms with Crippen molar-refractivity contribution in [3.05, 3.63) is 77.7 Å². The van der Waals surface area contributed by atoms with Crippen molar-refractivity contribution in [2.45, 2.75) is 94.7 Å². The van der Waals surface area contributed by atoms with Crippen LogP contribution >= 0.6 is 0 Å². The Kier molecular flexibility index (Phi) is 14.4. The largest absolute Gasteiger partial charge is 0.325 e. The molecule has 0 spiro atoms. The normalized spacial score (nSPS) is 13.3. The summed E-state index contributed by atoms with van der Waals surface area (Å²) < 4.78 is 25.3. The van der Waals surface area contributed by atoms with Crippen LogP contribution in [-0.2, 0) is 9.84 Å². The highest BCUT2D eigenvalue weighted by Gasteiger charge is 2.31. The summed E-state index contributed by atoms with van der Waals surface area (Å²) in [5.41, 5.74) is 1.01. The van der Waals surface area contributed by atoms with Crippen LogP contribution in [0.5, 0.6) is 0 Å². The average molecular weight is 442 g/mol. The summed E-state index contributed by atoms with van der Waals surface area (Å²) in [4.78, 5) is 3.67. The number of benzene rings is 1. The second-order valence-electron chi connectivity index (χ2n) is 7.93. The van der Waals surface area contributed by atoms with E-state index in [-0.39, 0.29) is 4.90 Å². The zero-order chi connectivity index (χ0) is 22.8. The van der Waals surface area contributed by atoms with Crippen molar-refractivity contribution in [1.29, 1.82) is 0 Å². The quantitative estimate of drug-likeness (QED) is 0.148. The molecule has 0 N–H and O–H groups in total. The van der Waals surface area contributed by atoms with E-state index in [9.17, 15) is 8.42 Å². The minimum atomic E-state index is -3.56. The minimum Gasteiger partial charge on any atom is -0.296 e. The number of nitrogens with zero attached hydrogens (tertiary/aromatic N) is 1. The van der Waals surface area contributed by atoms with Gasteiger partial charge in [0, 0.05) is 6.42 Å².